The van der Waals surface area contributed by atoms with E-state index in [1.165, 1.54) is 18.2 Å². The van der Waals surface area contributed by atoms with E-state index < -0.39 is 17.7 Å². The maximum Gasteiger partial charge on any atom is 0.134 e. The average Bonchev–Trinajstić information content (AvgIpc) is 2.45. The molecule has 0 saturated heterocycles. The number of rotatable bonds is 5. The van der Waals surface area contributed by atoms with Gasteiger partial charge in [0.25, 0.3) is 0 Å². The monoisotopic (exact) mass is 359 g/mol. The first kappa shape index (κ1) is 18.1. The van der Waals surface area contributed by atoms with E-state index in [9.17, 15) is 13.9 Å². The van der Waals surface area contributed by atoms with Crippen molar-refractivity contribution in [2.24, 2.45) is 5.92 Å². The van der Waals surface area contributed by atoms with Crippen molar-refractivity contribution >= 4 is 23.2 Å². The van der Waals surface area contributed by atoms with E-state index in [0.29, 0.717) is 24.0 Å². The minimum absolute atomic E-state index is 0.0973. The van der Waals surface area contributed by atoms with E-state index in [2.05, 4.69) is 4.98 Å². The molecule has 1 unspecified atom stereocenters. The third-order valence-electron chi connectivity index (χ3n) is 3.72. The van der Waals surface area contributed by atoms with Crippen molar-refractivity contribution in [2.45, 2.75) is 32.8 Å². The lowest BCUT2D eigenvalue weighted by Crippen LogP contribution is -2.15. The van der Waals surface area contributed by atoms with Gasteiger partial charge in [-0.05, 0) is 48.1 Å². The van der Waals surface area contributed by atoms with Gasteiger partial charge in [0.05, 0.1) is 6.10 Å². The summed E-state index contributed by atoms with van der Waals surface area (Å²) in [7, 11) is 0. The van der Waals surface area contributed by atoms with Crippen LogP contribution in [-0.2, 0) is 6.42 Å². The maximum absolute atomic E-state index is 14.1. The average molecular weight is 360 g/mol. The second kappa shape index (κ2) is 7.56. The molecule has 23 heavy (non-hydrogen) atoms. The molecule has 2 rings (SSSR count). The number of nitrogens with zero attached hydrogens (tertiary/aromatic N) is 1. The number of aliphatic hydroxyl groups is 1. The third-order valence-corrected chi connectivity index (χ3v) is 4.23. The molecule has 2 aromatic rings. The van der Waals surface area contributed by atoms with Gasteiger partial charge in [-0.25, -0.2) is 13.8 Å². The van der Waals surface area contributed by atoms with E-state index in [0.717, 1.165) is 6.07 Å². The Bertz CT molecular complexity index is 707. The van der Waals surface area contributed by atoms with Crippen LogP contribution in [0.5, 0.6) is 0 Å². The minimum atomic E-state index is -0.700. The highest BCUT2D eigenvalue weighted by Gasteiger charge is 2.18. The second-order valence-electron chi connectivity index (χ2n) is 5.74. The van der Waals surface area contributed by atoms with Gasteiger partial charge in [0, 0.05) is 11.6 Å². The highest BCUT2D eigenvalue weighted by Crippen LogP contribution is 2.33. The van der Waals surface area contributed by atoms with E-state index in [1.807, 2.05) is 13.8 Å². The molecule has 1 N–H and O–H groups in total. The second-order valence-corrected chi connectivity index (χ2v) is 6.48. The van der Waals surface area contributed by atoms with E-state index >= 15 is 0 Å². The molecule has 1 atom stereocenters. The molecule has 0 spiro atoms. The largest absolute Gasteiger partial charge is 0.393 e. The predicted octanol–water partition coefficient (Wildman–Crippen LogP) is 5.28. The molecule has 0 bridgehead atoms. The quantitative estimate of drug-likeness (QED) is 0.736. The van der Waals surface area contributed by atoms with Gasteiger partial charge in [0.15, 0.2) is 0 Å². The number of aliphatic hydroxyl groups excluding tert-OH is 1. The SMILES string of the molecule is CC(C)C(O)CCc1c(-c2ccc(F)cc2F)cc(Cl)nc1Cl. The molecule has 0 aliphatic rings. The fraction of sp³-hybridized carbons (Fsp3) is 0.353. The number of aromatic nitrogens is 1. The summed E-state index contributed by atoms with van der Waals surface area (Å²) in [5.41, 5.74) is 1.25. The van der Waals surface area contributed by atoms with Crippen LogP contribution in [-0.4, -0.2) is 16.2 Å². The first-order valence-electron chi connectivity index (χ1n) is 7.28. The highest BCUT2D eigenvalue weighted by molar-refractivity contribution is 6.33. The zero-order valence-corrected chi connectivity index (χ0v) is 14.3. The Morgan fingerprint density at radius 3 is 2.43 bits per heavy atom. The summed E-state index contributed by atoms with van der Waals surface area (Å²) in [5, 5.41) is 10.3. The van der Waals surface area contributed by atoms with Crippen LogP contribution >= 0.6 is 23.2 Å². The van der Waals surface area contributed by atoms with Gasteiger partial charge in [0.2, 0.25) is 0 Å². The van der Waals surface area contributed by atoms with Gasteiger partial charge in [-0.3, -0.25) is 0 Å². The fourth-order valence-electron chi connectivity index (χ4n) is 2.32. The number of halogens is 4. The van der Waals surface area contributed by atoms with Gasteiger partial charge in [0.1, 0.15) is 21.9 Å². The fourth-order valence-corrected chi connectivity index (χ4v) is 2.85. The summed E-state index contributed by atoms with van der Waals surface area (Å²) in [4.78, 5) is 3.98. The van der Waals surface area contributed by atoms with E-state index in [-0.39, 0.29) is 21.8 Å². The van der Waals surface area contributed by atoms with Gasteiger partial charge >= 0.3 is 0 Å². The van der Waals surface area contributed by atoms with Crippen molar-refractivity contribution in [3.8, 4) is 11.1 Å². The lowest BCUT2D eigenvalue weighted by atomic mass is 9.94. The summed E-state index contributed by atoms with van der Waals surface area (Å²) in [6, 6.07) is 4.83. The number of hydrogen-bond donors (Lipinski definition) is 1. The van der Waals surface area contributed by atoms with Crippen molar-refractivity contribution in [1.82, 2.24) is 4.98 Å². The van der Waals surface area contributed by atoms with Crippen molar-refractivity contribution < 1.29 is 13.9 Å². The molecule has 0 fully saturated rings. The van der Waals surface area contributed by atoms with Crippen molar-refractivity contribution in [1.29, 1.82) is 0 Å². The van der Waals surface area contributed by atoms with E-state index in [4.69, 9.17) is 23.2 Å². The van der Waals surface area contributed by atoms with Crippen LogP contribution in [0, 0.1) is 17.6 Å². The van der Waals surface area contributed by atoms with Crippen LogP contribution in [0.15, 0.2) is 24.3 Å². The van der Waals surface area contributed by atoms with Crippen LogP contribution in [0.4, 0.5) is 8.78 Å². The van der Waals surface area contributed by atoms with Crippen LogP contribution in [0.2, 0.25) is 10.3 Å². The standard InChI is InChI=1S/C17H17Cl2F2NO/c1-9(2)15(23)6-5-12-13(8-16(18)22-17(12)19)11-4-3-10(20)7-14(11)21/h3-4,7-9,15,23H,5-6H2,1-2H3. The molecule has 1 heterocycles. The Hall–Kier alpha value is -1.23. The Morgan fingerprint density at radius 2 is 1.83 bits per heavy atom. The lowest BCUT2D eigenvalue weighted by molar-refractivity contribution is 0.116. The molecule has 0 aliphatic carbocycles. The molecule has 0 radical (unpaired) electrons. The highest BCUT2D eigenvalue weighted by atomic mass is 35.5. The van der Waals surface area contributed by atoms with Crippen molar-refractivity contribution in [3.63, 3.8) is 0 Å². The molecule has 124 valence electrons. The number of benzene rings is 1. The zero-order valence-electron chi connectivity index (χ0n) is 12.8. The molecule has 2 nitrogen and oxygen atoms in total. The van der Waals surface area contributed by atoms with Gasteiger partial charge in [-0.2, -0.15) is 0 Å². The number of hydrogen-bond acceptors (Lipinski definition) is 2. The summed E-state index contributed by atoms with van der Waals surface area (Å²) in [6.07, 6.45) is 0.359. The van der Waals surface area contributed by atoms with Gasteiger partial charge in [-0.1, -0.05) is 37.0 Å². The third kappa shape index (κ3) is 4.40. The van der Waals surface area contributed by atoms with Gasteiger partial charge in [-0.15, -0.1) is 0 Å². The first-order valence-corrected chi connectivity index (χ1v) is 8.03. The molecule has 6 heteroatoms. The first-order chi connectivity index (χ1) is 10.8. The Kier molecular flexibility index (Phi) is 5.95. The molecule has 0 amide bonds. The summed E-state index contributed by atoms with van der Waals surface area (Å²) >= 11 is 12.1. The zero-order chi connectivity index (χ0) is 17.1. The van der Waals surface area contributed by atoms with Crippen LogP contribution < -0.4 is 0 Å². The summed E-state index contributed by atoms with van der Waals surface area (Å²) in [6.45, 7) is 3.82. The Labute approximate surface area is 144 Å². The molecule has 1 aromatic heterocycles. The lowest BCUT2D eigenvalue weighted by Gasteiger charge is -2.17. The van der Waals surface area contributed by atoms with Crippen LogP contribution in [0.1, 0.15) is 25.8 Å². The molecule has 0 saturated carbocycles. The smallest absolute Gasteiger partial charge is 0.134 e. The van der Waals surface area contributed by atoms with Crippen LogP contribution in [0.3, 0.4) is 0 Å². The summed E-state index contributed by atoms with van der Waals surface area (Å²) in [5.74, 6) is -1.26. The van der Waals surface area contributed by atoms with Crippen LogP contribution in [0.25, 0.3) is 11.1 Å². The van der Waals surface area contributed by atoms with Crippen molar-refractivity contribution in [3.05, 3.63) is 51.8 Å². The minimum Gasteiger partial charge on any atom is -0.393 e. The number of pyridine rings is 1. The van der Waals surface area contributed by atoms with Gasteiger partial charge < -0.3 is 5.11 Å². The maximum atomic E-state index is 14.1. The Balaban J connectivity index is 2.45. The Morgan fingerprint density at radius 1 is 1.13 bits per heavy atom. The molecule has 0 aliphatic heterocycles. The predicted molar refractivity (Wildman–Crippen MR) is 88.8 cm³/mol. The molecular formula is C17H17Cl2F2NO. The summed E-state index contributed by atoms with van der Waals surface area (Å²) < 4.78 is 27.2. The molecular weight excluding hydrogens is 343 g/mol. The van der Waals surface area contributed by atoms with Crippen molar-refractivity contribution in [2.75, 3.05) is 0 Å². The topological polar surface area (TPSA) is 33.1 Å². The van der Waals surface area contributed by atoms with E-state index in [1.54, 1.807) is 0 Å². The normalized spacial score (nSPS) is 12.7. The molecule has 1 aromatic carbocycles.